The van der Waals surface area contributed by atoms with Crippen LogP contribution in [0.4, 0.5) is 11.4 Å². The van der Waals surface area contributed by atoms with Gasteiger partial charge in [-0.2, -0.15) is 5.10 Å². The van der Waals surface area contributed by atoms with E-state index >= 15 is 0 Å². The Morgan fingerprint density at radius 1 is 1.31 bits per heavy atom. The largest absolute Gasteiger partial charge is 0.496 e. The maximum absolute atomic E-state index is 12.4. The number of hydrogen-bond donors (Lipinski definition) is 1. The zero-order chi connectivity index (χ0) is 21.0. The minimum atomic E-state index is -0.603. The van der Waals surface area contributed by atoms with Gasteiger partial charge >= 0.3 is 0 Å². The number of carbonyl (C=O) groups is 1. The Balaban J connectivity index is 1.69. The average Bonchev–Trinajstić information content (AvgIpc) is 3.16. The first kappa shape index (κ1) is 20.6. The maximum atomic E-state index is 12.4. The quantitative estimate of drug-likeness (QED) is 0.393. The number of aromatic nitrogens is 2. The molecule has 0 aliphatic carbocycles. The minimum Gasteiger partial charge on any atom is -0.496 e. The number of hydrogen-bond acceptors (Lipinski definition) is 6. The first-order chi connectivity index (χ1) is 13.9. The average molecular weight is 482 g/mol. The molecule has 3 rings (SSSR count). The van der Waals surface area contributed by atoms with E-state index in [9.17, 15) is 14.9 Å². The van der Waals surface area contributed by atoms with Crippen LogP contribution in [-0.4, -0.2) is 27.7 Å². The van der Waals surface area contributed by atoms with Crippen molar-refractivity contribution in [1.82, 2.24) is 9.78 Å². The van der Waals surface area contributed by atoms with Crippen molar-refractivity contribution in [2.75, 3.05) is 12.4 Å². The van der Waals surface area contributed by atoms with Crippen molar-refractivity contribution >= 4 is 44.8 Å². The standard InChI is InChI=1S/C18H14BrClN4O5/c1-28-12-3-4-14(16(9-12)24(26)27)21-18(25)15-6-7-23(22-15)10-29-17-5-2-11(20)8-13(17)19/h2-9H,10H2,1H3,(H,21,25). The number of ether oxygens (including phenoxy) is 2. The van der Waals surface area contributed by atoms with Crippen LogP contribution >= 0.6 is 27.5 Å². The third kappa shape index (κ3) is 5.04. The van der Waals surface area contributed by atoms with Crippen LogP contribution in [0.25, 0.3) is 0 Å². The molecule has 1 aromatic heterocycles. The van der Waals surface area contributed by atoms with E-state index in [0.717, 1.165) is 0 Å². The molecule has 0 fully saturated rings. The summed E-state index contributed by atoms with van der Waals surface area (Å²) in [6.07, 6.45) is 1.56. The smallest absolute Gasteiger partial charge is 0.296 e. The highest BCUT2D eigenvalue weighted by atomic mass is 79.9. The van der Waals surface area contributed by atoms with Crippen LogP contribution in [0.2, 0.25) is 5.02 Å². The second-order valence-electron chi connectivity index (χ2n) is 5.68. The number of methoxy groups -OCH3 is 1. The molecule has 0 spiro atoms. The summed E-state index contributed by atoms with van der Waals surface area (Å²) in [6.45, 7) is 0.0518. The highest BCUT2D eigenvalue weighted by Gasteiger charge is 2.19. The van der Waals surface area contributed by atoms with Crippen molar-refractivity contribution in [3.63, 3.8) is 0 Å². The first-order valence-corrected chi connectivity index (χ1v) is 9.29. The van der Waals surface area contributed by atoms with Crippen LogP contribution in [0.3, 0.4) is 0 Å². The van der Waals surface area contributed by atoms with E-state index < -0.39 is 10.8 Å². The molecular formula is C18H14BrClN4O5. The van der Waals surface area contributed by atoms with Crippen LogP contribution in [0.1, 0.15) is 10.5 Å². The summed E-state index contributed by atoms with van der Waals surface area (Å²) in [5, 5.41) is 18.4. The lowest BCUT2D eigenvalue weighted by Gasteiger charge is -2.08. The zero-order valence-corrected chi connectivity index (χ0v) is 17.3. The molecule has 0 radical (unpaired) electrons. The van der Waals surface area contributed by atoms with E-state index in [2.05, 4.69) is 26.3 Å². The van der Waals surface area contributed by atoms with Gasteiger partial charge in [-0.25, -0.2) is 4.68 Å². The van der Waals surface area contributed by atoms with Crippen molar-refractivity contribution < 1.29 is 19.2 Å². The summed E-state index contributed by atoms with van der Waals surface area (Å²) in [6, 6.07) is 10.7. The van der Waals surface area contributed by atoms with Gasteiger partial charge in [-0.15, -0.1) is 0 Å². The number of carbonyl (C=O) groups excluding carboxylic acids is 1. The summed E-state index contributed by atoms with van der Waals surface area (Å²) >= 11 is 9.24. The van der Waals surface area contributed by atoms with Gasteiger partial charge in [0.15, 0.2) is 12.4 Å². The Bertz CT molecular complexity index is 1070. The molecule has 29 heavy (non-hydrogen) atoms. The third-order valence-corrected chi connectivity index (χ3v) is 4.62. The van der Waals surface area contributed by atoms with E-state index in [-0.39, 0.29) is 23.8 Å². The normalized spacial score (nSPS) is 10.4. The van der Waals surface area contributed by atoms with Gasteiger partial charge in [0, 0.05) is 11.2 Å². The fraction of sp³-hybridized carbons (Fsp3) is 0.111. The molecule has 3 aromatic rings. The Kier molecular flexibility index (Phi) is 6.35. The molecule has 1 amide bonds. The number of nitro benzene ring substituents is 1. The molecule has 2 aromatic carbocycles. The van der Waals surface area contributed by atoms with Gasteiger partial charge in [0.05, 0.1) is 22.6 Å². The first-order valence-electron chi connectivity index (χ1n) is 8.12. The number of nitrogens with zero attached hydrogens (tertiary/aromatic N) is 3. The molecule has 9 nitrogen and oxygen atoms in total. The molecule has 0 aliphatic heterocycles. The number of rotatable bonds is 7. The highest BCUT2D eigenvalue weighted by molar-refractivity contribution is 9.10. The summed E-state index contributed by atoms with van der Waals surface area (Å²) in [5.74, 6) is 0.277. The molecular weight excluding hydrogens is 468 g/mol. The molecule has 0 saturated carbocycles. The van der Waals surface area contributed by atoms with Gasteiger partial charge < -0.3 is 14.8 Å². The SMILES string of the molecule is COc1ccc(NC(=O)c2ccn(COc3ccc(Cl)cc3Br)n2)c([N+](=O)[O-])c1. The monoisotopic (exact) mass is 480 g/mol. The van der Waals surface area contributed by atoms with Crippen molar-refractivity contribution in [2.24, 2.45) is 0 Å². The summed E-state index contributed by atoms with van der Waals surface area (Å²) in [4.78, 5) is 23.0. The molecule has 0 atom stereocenters. The van der Waals surface area contributed by atoms with Crippen LogP contribution in [0.5, 0.6) is 11.5 Å². The number of nitro groups is 1. The van der Waals surface area contributed by atoms with E-state index in [0.29, 0.717) is 21.0 Å². The lowest BCUT2D eigenvalue weighted by atomic mass is 10.2. The molecule has 1 heterocycles. The Hall–Kier alpha value is -3.11. The number of halogens is 2. The van der Waals surface area contributed by atoms with Crippen molar-refractivity contribution in [3.05, 3.63) is 74.0 Å². The number of anilines is 1. The van der Waals surface area contributed by atoms with Crippen molar-refractivity contribution in [2.45, 2.75) is 6.73 Å². The highest BCUT2D eigenvalue weighted by Crippen LogP contribution is 2.30. The molecule has 0 aliphatic rings. The maximum Gasteiger partial charge on any atom is 0.296 e. The van der Waals surface area contributed by atoms with Crippen LogP contribution in [0, 0.1) is 10.1 Å². The molecule has 11 heteroatoms. The lowest BCUT2D eigenvalue weighted by molar-refractivity contribution is -0.384. The summed E-state index contributed by atoms with van der Waals surface area (Å²) in [7, 11) is 1.40. The second-order valence-corrected chi connectivity index (χ2v) is 6.97. The van der Waals surface area contributed by atoms with Gasteiger partial charge in [-0.05, 0) is 52.3 Å². The topological polar surface area (TPSA) is 109 Å². The van der Waals surface area contributed by atoms with Gasteiger partial charge in [-0.1, -0.05) is 11.6 Å². The van der Waals surface area contributed by atoms with Gasteiger partial charge in [0.25, 0.3) is 11.6 Å². The summed E-state index contributed by atoms with van der Waals surface area (Å²) < 4.78 is 12.7. The van der Waals surface area contributed by atoms with Crippen LogP contribution < -0.4 is 14.8 Å². The van der Waals surface area contributed by atoms with Crippen LogP contribution in [-0.2, 0) is 6.73 Å². The fourth-order valence-corrected chi connectivity index (χ4v) is 3.16. The molecule has 0 unspecified atom stereocenters. The van der Waals surface area contributed by atoms with Gasteiger partial charge in [-0.3, -0.25) is 14.9 Å². The lowest BCUT2D eigenvalue weighted by Crippen LogP contribution is -2.15. The predicted molar refractivity (Wildman–Crippen MR) is 110 cm³/mol. The van der Waals surface area contributed by atoms with E-state index in [4.69, 9.17) is 21.1 Å². The van der Waals surface area contributed by atoms with Gasteiger partial charge in [0.1, 0.15) is 17.2 Å². The van der Waals surface area contributed by atoms with Crippen LogP contribution in [0.15, 0.2) is 53.1 Å². The molecule has 0 saturated heterocycles. The third-order valence-electron chi connectivity index (χ3n) is 3.77. The number of nitrogens with one attached hydrogen (secondary N) is 1. The Morgan fingerprint density at radius 2 is 2.10 bits per heavy atom. The van der Waals surface area contributed by atoms with Crippen molar-refractivity contribution in [3.8, 4) is 11.5 Å². The van der Waals surface area contributed by atoms with E-state index in [1.165, 1.54) is 36.1 Å². The number of benzene rings is 2. The fourth-order valence-electron chi connectivity index (χ4n) is 2.36. The van der Waals surface area contributed by atoms with E-state index in [1.54, 1.807) is 24.4 Å². The molecule has 1 N–H and O–H groups in total. The Labute approximate surface area is 178 Å². The molecule has 0 bridgehead atoms. The summed E-state index contributed by atoms with van der Waals surface area (Å²) in [5.41, 5.74) is -0.168. The Morgan fingerprint density at radius 3 is 2.79 bits per heavy atom. The van der Waals surface area contributed by atoms with Gasteiger partial charge in [0.2, 0.25) is 0 Å². The predicted octanol–water partition coefficient (Wildman–Crippen LogP) is 4.50. The minimum absolute atomic E-state index is 0.0386. The number of amides is 1. The second kappa shape index (κ2) is 8.93. The van der Waals surface area contributed by atoms with E-state index in [1.807, 2.05) is 0 Å². The van der Waals surface area contributed by atoms with Crippen molar-refractivity contribution in [1.29, 1.82) is 0 Å². The zero-order valence-electron chi connectivity index (χ0n) is 15.0. The molecule has 150 valence electrons.